The first-order valence-corrected chi connectivity index (χ1v) is 5.38. The van der Waals surface area contributed by atoms with Gasteiger partial charge in [-0.2, -0.15) is 0 Å². The molecule has 1 aromatic rings. The number of aryl methyl sites for hydroxylation is 1. The first-order chi connectivity index (χ1) is 7.27. The third-order valence-corrected chi connectivity index (χ3v) is 3.02. The van der Waals surface area contributed by atoms with Crippen molar-refractivity contribution in [3.63, 3.8) is 0 Å². The molecule has 3 heteroatoms. The van der Waals surface area contributed by atoms with Crippen LogP contribution in [0.1, 0.15) is 29.9 Å². The SMILES string of the molecule is NC(=O)NCC1CCCc2ccccc21. The number of carbonyl (C=O) groups is 1. The highest BCUT2D eigenvalue weighted by Gasteiger charge is 2.19. The van der Waals surface area contributed by atoms with E-state index in [0.29, 0.717) is 12.5 Å². The van der Waals surface area contributed by atoms with E-state index in [0.717, 1.165) is 12.8 Å². The molecule has 0 radical (unpaired) electrons. The van der Waals surface area contributed by atoms with Gasteiger partial charge in [0, 0.05) is 12.5 Å². The van der Waals surface area contributed by atoms with Gasteiger partial charge in [0.1, 0.15) is 0 Å². The van der Waals surface area contributed by atoms with Gasteiger partial charge in [-0.25, -0.2) is 4.79 Å². The Bertz CT molecular complexity index is 362. The van der Waals surface area contributed by atoms with E-state index >= 15 is 0 Å². The molecule has 1 aliphatic rings. The van der Waals surface area contributed by atoms with E-state index in [-0.39, 0.29) is 0 Å². The number of hydrogen-bond acceptors (Lipinski definition) is 1. The van der Waals surface area contributed by atoms with E-state index in [1.807, 2.05) is 0 Å². The minimum Gasteiger partial charge on any atom is -0.352 e. The lowest BCUT2D eigenvalue weighted by Crippen LogP contribution is -2.33. The zero-order chi connectivity index (χ0) is 10.7. The Hall–Kier alpha value is -1.51. The van der Waals surface area contributed by atoms with Crippen LogP contribution >= 0.6 is 0 Å². The van der Waals surface area contributed by atoms with Crippen molar-refractivity contribution < 1.29 is 4.79 Å². The maximum Gasteiger partial charge on any atom is 0.312 e. The predicted octanol–water partition coefficient (Wildman–Crippen LogP) is 1.77. The highest BCUT2D eigenvalue weighted by molar-refractivity contribution is 5.71. The first-order valence-electron chi connectivity index (χ1n) is 5.38. The molecule has 0 saturated carbocycles. The number of urea groups is 1. The Balaban J connectivity index is 2.11. The van der Waals surface area contributed by atoms with Gasteiger partial charge in [-0.15, -0.1) is 0 Å². The summed E-state index contributed by atoms with van der Waals surface area (Å²) in [6, 6.07) is 8.02. The number of primary amides is 1. The van der Waals surface area contributed by atoms with Crippen LogP contribution < -0.4 is 11.1 Å². The van der Waals surface area contributed by atoms with Crippen molar-refractivity contribution >= 4 is 6.03 Å². The summed E-state index contributed by atoms with van der Waals surface area (Å²) in [5.74, 6) is 0.433. The van der Waals surface area contributed by atoms with Crippen LogP contribution in [0.15, 0.2) is 24.3 Å². The lowest BCUT2D eigenvalue weighted by atomic mass is 9.83. The van der Waals surface area contributed by atoms with Crippen molar-refractivity contribution in [2.24, 2.45) is 5.73 Å². The summed E-state index contributed by atoms with van der Waals surface area (Å²) in [6.45, 7) is 0.659. The molecule has 1 unspecified atom stereocenters. The molecule has 1 atom stereocenters. The van der Waals surface area contributed by atoms with Crippen LogP contribution in [0.25, 0.3) is 0 Å². The third-order valence-electron chi connectivity index (χ3n) is 3.02. The summed E-state index contributed by atoms with van der Waals surface area (Å²) in [4.78, 5) is 10.7. The normalized spacial score (nSPS) is 19.3. The van der Waals surface area contributed by atoms with E-state index in [1.165, 1.54) is 17.5 Å². The highest BCUT2D eigenvalue weighted by atomic mass is 16.2. The molecule has 0 fully saturated rings. The summed E-state index contributed by atoms with van der Waals surface area (Å²) in [7, 11) is 0. The number of fused-ring (bicyclic) bond motifs is 1. The summed E-state index contributed by atoms with van der Waals surface area (Å²) in [6.07, 6.45) is 3.49. The van der Waals surface area contributed by atoms with Gasteiger partial charge in [-0.1, -0.05) is 24.3 Å². The van der Waals surface area contributed by atoms with Gasteiger partial charge in [-0.3, -0.25) is 0 Å². The van der Waals surface area contributed by atoms with Crippen molar-refractivity contribution in [2.45, 2.75) is 25.2 Å². The van der Waals surface area contributed by atoms with Crippen molar-refractivity contribution in [3.8, 4) is 0 Å². The molecule has 0 heterocycles. The molecule has 3 nitrogen and oxygen atoms in total. The lowest BCUT2D eigenvalue weighted by molar-refractivity contribution is 0.248. The predicted molar refractivity (Wildman–Crippen MR) is 59.7 cm³/mol. The zero-order valence-corrected chi connectivity index (χ0v) is 8.70. The quantitative estimate of drug-likeness (QED) is 0.758. The van der Waals surface area contributed by atoms with Crippen LogP contribution in [0.3, 0.4) is 0 Å². The second kappa shape index (κ2) is 4.34. The molecule has 0 bridgehead atoms. The molecule has 3 N–H and O–H groups in total. The molecule has 1 aromatic carbocycles. The lowest BCUT2D eigenvalue weighted by Gasteiger charge is -2.25. The van der Waals surface area contributed by atoms with Gasteiger partial charge in [0.2, 0.25) is 0 Å². The number of benzene rings is 1. The minimum atomic E-state index is -0.432. The zero-order valence-electron chi connectivity index (χ0n) is 8.70. The summed E-state index contributed by atoms with van der Waals surface area (Å²) in [5.41, 5.74) is 7.87. The first kappa shape index (κ1) is 10.0. The highest BCUT2D eigenvalue weighted by Crippen LogP contribution is 2.30. The molecule has 0 aromatic heterocycles. The number of carbonyl (C=O) groups excluding carboxylic acids is 1. The number of hydrogen-bond donors (Lipinski definition) is 2. The smallest absolute Gasteiger partial charge is 0.312 e. The van der Waals surface area contributed by atoms with E-state index in [1.54, 1.807) is 0 Å². The van der Waals surface area contributed by atoms with E-state index in [2.05, 4.69) is 29.6 Å². The molecule has 1 aliphatic carbocycles. The molecule has 0 saturated heterocycles. The Kier molecular flexibility index (Phi) is 2.90. The molecule has 80 valence electrons. The second-order valence-corrected chi connectivity index (χ2v) is 4.03. The van der Waals surface area contributed by atoms with Crippen LogP contribution in [0.5, 0.6) is 0 Å². The van der Waals surface area contributed by atoms with Crippen molar-refractivity contribution in [2.75, 3.05) is 6.54 Å². The fourth-order valence-corrected chi connectivity index (χ4v) is 2.29. The van der Waals surface area contributed by atoms with Crippen LogP contribution in [0, 0.1) is 0 Å². The van der Waals surface area contributed by atoms with Crippen LogP contribution in [-0.4, -0.2) is 12.6 Å². The average Bonchev–Trinajstić information content (AvgIpc) is 2.26. The Labute approximate surface area is 89.7 Å². The number of nitrogens with one attached hydrogen (secondary N) is 1. The second-order valence-electron chi connectivity index (χ2n) is 4.03. The monoisotopic (exact) mass is 204 g/mol. The van der Waals surface area contributed by atoms with Crippen LogP contribution in [0.2, 0.25) is 0 Å². The van der Waals surface area contributed by atoms with Crippen molar-refractivity contribution in [3.05, 3.63) is 35.4 Å². The van der Waals surface area contributed by atoms with E-state index in [4.69, 9.17) is 5.73 Å². The molecule has 0 spiro atoms. The van der Waals surface area contributed by atoms with Gasteiger partial charge in [0.15, 0.2) is 0 Å². The van der Waals surface area contributed by atoms with Gasteiger partial charge < -0.3 is 11.1 Å². The standard InChI is InChI=1S/C12H16N2O/c13-12(15)14-8-10-6-3-5-9-4-1-2-7-11(9)10/h1-2,4,7,10H,3,5-6,8H2,(H3,13,14,15). The third kappa shape index (κ3) is 2.29. The molecular formula is C12H16N2O. The minimum absolute atomic E-state index is 0.432. The number of rotatable bonds is 2. The van der Waals surface area contributed by atoms with Crippen LogP contribution in [0.4, 0.5) is 4.79 Å². The van der Waals surface area contributed by atoms with Gasteiger partial charge >= 0.3 is 6.03 Å². The Morgan fingerprint density at radius 2 is 2.27 bits per heavy atom. The van der Waals surface area contributed by atoms with Gasteiger partial charge in [-0.05, 0) is 30.4 Å². The fourth-order valence-electron chi connectivity index (χ4n) is 2.29. The summed E-state index contributed by atoms with van der Waals surface area (Å²) < 4.78 is 0. The van der Waals surface area contributed by atoms with E-state index in [9.17, 15) is 4.79 Å². The molecule has 2 rings (SSSR count). The number of amides is 2. The number of nitrogens with two attached hydrogens (primary N) is 1. The molecule has 15 heavy (non-hydrogen) atoms. The molecule has 2 amide bonds. The van der Waals surface area contributed by atoms with Crippen LogP contribution in [-0.2, 0) is 6.42 Å². The Morgan fingerprint density at radius 3 is 3.07 bits per heavy atom. The summed E-state index contributed by atoms with van der Waals surface area (Å²) in [5, 5.41) is 2.69. The van der Waals surface area contributed by atoms with Crippen molar-refractivity contribution in [1.29, 1.82) is 0 Å². The van der Waals surface area contributed by atoms with Gasteiger partial charge in [0.25, 0.3) is 0 Å². The van der Waals surface area contributed by atoms with E-state index < -0.39 is 6.03 Å². The molecule has 0 aliphatic heterocycles. The van der Waals surface area contributed by atoms with Crippen molar-refractivity contribution in [1.82, 2.24) is 5.32 Å². The average molecular weight is 204 g/mol. The maximum atomic E-state index is 10.7. The largest absolute Gasteiger partial charge is 0.352 e. The topological polar surface area (TPSA) is 55.1 Å². The Morgan fingerprint density at radius 1 is 1.47 bits per heavy atom. The maximum absolute atomic E-state index is 10.7. The summed E-state index contributed by atoms with van der Waals surface area (Å²) >= 11 is 0. The van der Waals surface area contributed by atoms with Gasteiger partial charge in [0.05, 0.1) is 0 Å². The molecular weight excluding hydrogens is 188 g/mol. The fraction of sp³-hybridized carbons (Fsp3) is 0.417.